The zero-order valence-corrected chi connectivity index (χ0v) is 51.2. The predicted octanol–water partition coefficient (Wildman–Crippen LogP) is 22.9. The van der Waals surface area contributed by atoms with Crippen molar-refractivity contribution in [2.45, 2.75) is 348 Å². The van der Waals surface area contributed by atoms with Crippen molar-refractivity contribution < 1.29 is 28.6 Å². The van der Waals surface area contributed by atoms with E-state index in [9.17, 15) is 14.4 Å². The summed E-state index contributed by atoms with van der Waals surface area (Å²) in [6.07, 6.45) is 85.3. The average Bonchev–Trinajstić information content (AvgIpc) is 3.43. The molecule has 0 aromatic carbocycles. The van der Waals surface area contributed by atoms with Gasteiger partial charge in [0.25, 0.3) is 0 Å². The third-order valence-electron chi connectivity index (χ3n) is 14.7. The maximum Gasteiger partial charge on any atom is 0.306 e. The molecule has 0 bridgehead atoms. The highest BCUT2D eigenvalue weighted by Gasteiger charge is 2.19. The van der Waals surface area contributed by atoms with Crippen molar-refractivity contribution in [1.82, 2.24) is 0 Å². The standard InChI is InChI=1S/C71H126O6/c1-4-7-10-13-16-19-22-24-26-27-28-29-30-31-32-33-34-35-36-37-38-39-40-41-42-43-45-46-49-52-55-58-61-64-70(73)76-67-68(66-75-69(72)63-60-57-54-51-48-21-18-15-12-9-6-3)77-71(74)65-62-59-56-53-50-47-44-25-23-20-17-14-11-8-5-2/h8,11,15,17-18,20,25,27-28,44,50,53,68H,4-7,9-10,12-14,16,19,21-24,26,29-43,45-49,51-52,54-67H2,1-3H3/b11-8-,18-15-,20-17-,28-27-,44-25-,53-50-. The Morgan fingerprint density at radius 2 is 0.519 bits per heavy atom. The smallest absolute Gasteiger partial charge is 0.306 e. The van der Waals surface area contributed by atoms with Gasteiger partial charge in [0.1, 0.15) is 13.2 Å². The summed E-state index contributed by atoms with van der Waals surface area (Å²) in [5.74, 6) is -0.932. The molecule has 0 saturated carbocycles. The number of allylic oxidation sites excluding steroid dienone is 12. The molecule has 0 spiro atoms. The molecule has 446 valence electrons. The fourth-order valence-electron chi connectivity index (χ4n) is 9.65. The number of hydrogen-bond donors (Lipinski definition) is 0. The molecule has 0 radical (unpaired) electrons. The van der Waals surface area contributed by atoms with E-state index in [-0.39, 0.29) is 37.5 Å². The van der Waals surface area contributed by atoms with Gasteiger partial charge in [-0.25, -0.2) is 0 Å². The van der Waals surface area contributed by atoms with Crippen molar-refractivity contribution in [3.63, 3.8) is 0 Å². The van der Waals surface area contributed by atoms with E-state index in [1.54, 1.807) is 0 Å². The largest absolute Gasteiger partial charge is 0.462 e. The Bertz CT molecular complexity index is 1420. The number of carbonyl (C=O) groups excluding carboxylic acids is 3. The molecule has 0 amide bonds. The molecule has 0 saturated heterocycles. The number of esters is 3. The zero-order valence-electron chi connectivity index (χ0n) is 51.2. The second kappa shape index (κ2) is 65.4. The molecule has 0 aromatic rings. The minimum absolute atomic E-state index is 0.0922. The van der Waals surface area contributed by atoms with E-state index in [4.69, 9.17) is 14.2 Å². The maximum atomic E-state index is 12.8. The van der Waals surface area contributed by atoms with Crippen LogP contribution in [0.4, 0.5) is 0 Å². The van der Waals surface area contributed by atoms with Gasteiger partial charge in [-0.15, -0.1) is 0 Å². The summed E-state index contributed by atoms with van der Waals surface area (Å²) in [5.41, 5.74) is 0. The fraction of sp³-hybridized carbons (Fsp3) is 0.789. The molecule has 0 fully saturated rings. The lowest BCUT2D eigenvalue weighted by Gasteiger charge is -2.18. The van der Waals surface area contributed by atoms with Crippen molar-refractivity contribution in [3.05, 3.63) is 72.9 Å². The van der Waals surface area contributed by atoms with Crippen LogP contribution in [0.5, 0.6) is 0 Å². The van der Waals surface area contributed by atoms with Crippen LogP contribution in [0, 0.1) is 0 Å². The lowest BCUT2D eigenvalue weighted by atomic mass is 10.0. The summed E-state index contributed by atoms with van der Waals surface area (Å²) < 4.78 is 16.8. The summed E-state index contributed by atoms with van der Waals surface area (Å²) in [6, 6.07) is 0. The number of carbonyl (C=O) groups is 3. The van der Waals surface area contributed by atoms with Crippen molar-refractivity contribution in [2.75, 3.05) is 13.2 Å². The Labute approximate surface area is 478 Å². The van der Waals surface area contributed by atoms with Crippen molar-refractivity contribution >= 4 is 17.9 Å². The van der Waals surface area contributed by atoms with Crippen LogP contribution in [0.15, 0.2) is 72.9 Å². The number of rotatable bonds is 61. The first-order valence-corrected chi connectivity index (χ1v) is 33.4. The van der Waals surface area contributed by atoms with Gasteiger partial charge in [0, 0.05) is 19.3 Å². The van der Waals surface area contributed by atoms with Crippen LogP contribution in [0.25, 0.3) is 0 Å². The van der Waals surface area contributed by atoms with Crippen LogP contribution in [0.1, 0.15) is 342 Å². The molecule has 0 N–H and O–H groups in total. The predicted molar refractivity (Wildman–Crippen MR) is 335 cm³/mol. The van der Waals surface area contributed by atoms with Gasteiger partial charge in [-0.2, -0.15) is 0 Å². The summed E-state index contributed by atoms with van der Waals surface area (Å²) >= 11 is 0. The Hall–Kier alpha value is -3.15. The van der Waals surface area contributed by atoms with Gasteiger partial charge in [0.15, 0.2) is 6.10 Å². The topological polar surface area (TPSA) is 78.9 Å². The second-order valence-electron chi connectivity index (χ2n) is 22.3. The van der Waals surface area contributed by atoms with Crippen molar-refractivity contribution in [1.29, 1.82) is 0 Å². The van der Waals surface area contributed by atoms with E-state index in [1.165, 1.54) is 212 Å². The SMILES string of the molecule is CC/C=C\C/C=C\C/C=C\C/C=C\CCCCC(=O)OC(COC(=O)CCCCCCC/C=C\CCCC)COC(=O)CCCCCCCCCCCCCCCCCCCCCCC/C=C\CCCCCCCCCC. The summed E-state index contributed by atoms with van der Waals surface area (Å²) in [4.78, 5) is 38.2. The molecule has 1 atom stereocenters. The minimum atomic E-state index is -0.799. The van der Waals surface area contributed by atoms with Crippen LogP contribution in [-0.4, -0.2) is 37.2 Å². The second-order valence-corrected chi connectivity index (χ2v) is 22.3. The summed E-state index contributed by atoms with van der Waals surface area (Å²) in [5, 5.41) is 0. The van der Waals surface area contributed by atoms with E-state index in [1.807, 2.05) is 0 Å². The highest BCUT2D eigenvalue weighted by Crippen LogP contribution is 2.17. The first-order valence-electron chi connectivity index (χ1n) is 33.4. The molecule has 0 aliphatic rings. The van der Waals surface area contributed by atoms with Gasteiger partial charge in [-0.05, 0) is 103 Å². The van der Waals surface area contributed by atoms with Crippen LogP contribution < -0.4 is 0 Å². The zero-order chi connectivity index (χ0) is 55.7. The van der Waals surface area contributed by atoms with E-state index in [0.717, 1.165) is 83.5 Å². The molecular formula is C71H126O6. The number of hydrogen-bond acceptors (Lipinski definition) is 6. The van der Waals surface area contributed by atoms with Gasteiger partial charge in [0.2, 0.25) is 0 Å². The normalized spacial score (nSPS) is 12.5. The molecule has 0 rings (SSSR count). The van der Waals surface area contributed by atoms with Gasteiger partial charge >= 0.3 is 17.9 Å². The Kier molecular flexibility index (Phi) is 62.7. The third-order valence-corrected chi connectivity index (χ3v) is 14.7. The summed E-state index contributed by atoms with van der Waals surface area (Å²) in [6.45, 7) is 6.48. The van der Waals surface area contributed by atoms with Crippen LogP contribution in [0.2, 0.25) is 0 Å². The van der Waals surface area contributed by atoms with Crippen LogP contribution in [0.3, 0.4) is 0 Å². The van der Waals surface area contributed by atoms with Crippen LogP contribution in [-0.2, 0) is 28.6 Å². The van der Waals surface area contributed by atoms with Crippen molar-refractivity contribution in [2.24, 2.45) is 0 Å². The van der Waals surface area contributed by atoms with E-state index in [2.05, 4.69) is 93.7 Å². The number of unbranched alkanes of at least 4 members (excludes halogenated alkanes) is 38. The fourth-order valence-corrected chi connectivity index (χ4v) is 9.65. The molecule has 0 heterocycles. The Balaban J connectivity index is 4.09. The lowest BCUT2D eigenvalue weighted by Crippen LogP contribution is -2.30. The molecule has 0 aliphatic carbocycles. The monoisotopic (exact) mass is 1070 g/mol. The van der Waals surface area contributed by atoms with Gasteiger partial charge in [-0.1, -0.05) is 293 Å². The lowest BCUT2D eigenvalue weighted by molar-refractivity contribution is -0.167. The first-order chi connectivity index (χ1) is 38.0. The molecule has 6 nitrogen and oxygen atoms in total. The first kappa shape index (κ1) is 73.8. The quantitative estimate of drug-likeness (QED) is 0.0261. The van der Waals surface area contributed by atoms with Crippen molar-refractivity contribution in [3.8, 4) is 0 Å². The Morgan fingerprint density at radius 1 is 0.273 bits per heavy atom. The van der Waals surface area contributed by atoms with Crippen LogP contribution >= 0.6 is 0 Å². The summed E-state index contributed by atoms with van der Waals surface area (Å²) in [7, 11) is 0. The molecule has 6 heteroatoms. The number of ether oxygens (including phenoxy) is 3. The average molecular weight is 1080 g/mol. The molecule has 1 unspecified atom stereocenters. The van der Waals surface area contributed by atoms with E-state index >= 15 is 0 Å². The van der Waals surface area contributed by atoms with E-state index < -0.39 is 6.10 Å². The third kappa shape index (κ3) is 63.6. The maximum absolute atomic E-state index is 12.8. The highest BCUT2D eigenvalue weighted by molar-refractivity contribution is 5.71. The Morgan fingerprint density at radius 3 is 0.870 bits per heavy atom. The van der Waals surface area contributed by atoms with Gasteiger partial charge in [0.05, 0.1) is 0 Å². The van der Waals surface area contributed by atoms with Gasteiger partial charge in [-0.3, -0.25) is 14.4 Å². The van der Waals surface area contributed by atoms with E-state index in [0.29, 0.717) is 19.3 Å². The molecule has 77 heavy (non-hydrogen) atoms. The molecule has 0 aliphatic heterocycles. The van der Waals surface area contributed by atoms with Gasteiger partial charge < -0.3 is 14.2 Å². The highest BCUT2D eigenvalue weighted by atomic mass is 16.6. The minimum Gasteiger partial charge on any atom is -0.462 e. The molecule has 0 aromatic heterocycles. The molecular weight excluding hydrogens is 949 g/mol.